The molecule has 1 rings (SSSR count). The largest absolute Gasteiger partial charge is 0.355 e. The third-order valence-electron chi connectivity index (χ3n) is 3.59. The van der Waals surface area contributed by atoms with E-state index >= 15 is 0 Å². The van der Waals surface area contributed by atoms with E-state index in [4.69, 9.17) is 0 Å². The molecule has 0 radical (unpaired) electrons. The van der Waals surface area contributed by atoms with Gasteiger partial charge in [0.25, 0.3) is 0 Å². The first kappa shape index (κ1) is 23.1. The van der Waals surface area contributed by atoms with Crippen molar-refractivity contribution in [2.75, 3.05) is 19.3 Å². The summed E-state index contributed by atoms with van der Waals surface area (Å²) in [5, 5.41) is 6.26. The summed E-state index contributed by atoms with van der Waals surface area (Å²) >= 11 is 0. The Balaban J connectivity index is 0.00000529. The van der Waals surface area contributed by atoms with Gasteiger partial charge < -0.3 is 10.6 Å². The predicted octanol–water partition coefficient (Wildman–Crippen LogP) is 1.93. The summed E-state index contributed by atoms with van der Waals surface area (Å²) in [4.78, 5) is 4.10. The third-order valence-corrected chi connectivity index (χ3v) is 4.92. The lowest BCUT2D eigenvalue weighted by Gasteiger charge is -2.20. The Morgan fingerprint density at radius 2 is 1.79 bits per heavy atom. The van der Waals surface area contributed by atoms with Gasteiger partial charge in [-0.3, -0.25) is 4.99 Å². The van der Waals surface area contributed by atoms with Crippen LogP contribution >= 0.6 is 24.0 Å². The van der Waals surface area contributed by atoms with Crippen LogP contribution in [0.15, 0.2) is 35.3 Å². The number of sulfonamides is 1. The van der Waals surface area contributed by atoms with Gasteiger partial charge in [-0.25, -0.2) is 13.1 Å². The molecule has 0 amide bonds. The second kappa shape index (κ2) is 11.6. The molecule has 1 aromatic rings. The quantitative estimate of drug-likeness (QED) is 0.310. The van der Waals surface area contributed by atoms with Gasteiger partial charge in [-0.15, -0.1) is 24.0 Å². The van der Waals surface area contributed by atoms with Crippen molar-refractivity contribution in [1.29, 1.82) is 0 Å². The second-order valence-electron chi connectivity index (χ2n) is 5.80. The summed E-state index contributed by atoms with van der Waals surface area (Å²) in [5.41, 5.74) is 0.937. The molecule has 1 unspecified atom stereocenters. The van der Waals surface area contributed by atoms with Crippen molar-refractivity contribution < 1.29 is 8.42 Å². The van der Waals surface area contributed by atoms with E-state index in [-0.39, 0.29) is 35.8 Å². The Bertz CT molecular complexity index is 591. The predicted molar refractivity (Wildman–Crippen MR) is 111 cm³/mol. The normalized spacial score (nSPS) is 13.3. The van der Waals surface area contributed by atoms with Crippen LogP contribution < -0.4 is 15.4 Å². The summed E-state index contributed by atoms with van der Waals surface area (Å²) in [5.74, 6) is 1.07. The number of hydrogen-bond acceptors (Lipinski definition) is 3. The third kappa shape index (κ3) is 9.43. The SMILES string of the molecule is CN=C(NCCS(=O)(=O)NCc1ccccc1)NC(C)C(C)C.I. The molecular weight excluding hydrogens is 439 g/mol. The lowest BCUT2D eigenvalue weighted by atomic mass is 10.1. The zero-order chi connectivity index (χ0) is 17.3. The molecule has 0 saturated heterocycles. The molecule has 0 aliphatic heterocycles. The summed E-state index contributed by atoms with van der Waals surface area (Å²) in [6, 6.07) is 9.71. The van der Waals surface area contributed by atoms with Gasteiger partial charge in [0.15, 0.2) is 5.96 Å². The molecule has 0 fully saturated rings. The van der Waals surface area contributed by atoms with E-state index in [1.54, 1.807) is 7.05 Å². The van der Waals surface area contributed by atoms with Crippen molar-refractivity contribution in [3.8, 4) is 0 Å². The maximum atomic E-state index is 12.0. The van der Waals surface area contributed by atoms with Crippen LogP contribution in [-0.2, 0) is 16.6 Å². The average molecular weight is 468 g/mol. The van der Waals surface area contributed by atoms with E-state index in [9.17, 15) is 8.42 Å². The van der Waals surface area contributed by atoms with Crippen molar-refractivity contribution in [3.63, 3.8) is 0 Å². The van der Waals surface area contributed by atoms with E-state index in [2.05, 4.69) is 41.1 Å². The average Bonchev–Trinajstić information content (AvgIpc) is 2.52. The first-order valence-corrected chi connectivity index (χ1v) is 9.47. The summed E-state index contributed by atoms with van der Waals surface area (Å²) in [6.45, 7) is 6.90. The molecule has 1 aromatic carbocycles. The highest BCUT2D eigenvalue weighted by molar-refractivity contribution is 14.0. The minimum atomic E-state index is -3.32. The van der Waals surface area contributed by atoms with Crippen LogP contribution in [0.3, 0.4) is 0 Å². The topological polar surface area (TPSA) is 82.6 Å². The van der Waals surface area contributed by atoms with Gasteiger partial charge in [0.1, 0.15) is 0 Å². The summed E-state index contributed by atoms with van der Waals surface area (Å²) < 4.78 is 26.6. The maximum absolute atomic E-state index is 12.0. The molecule has 0 aliphatic rings. The monoisotopic (exact) mass is 468 g/mol. The Morgan fingerprint density at radius 1 is 1.17 bits per heavy atom. The molecular formula is C16H29IN4O2S. The molecule has 0 aliphatic carbocycles. The van der Waals surface area contributed by atoms with Crippen LogP contribution in [0.1, 0.15) is 26.3 Å². The van der Waals surface area contributed by atoms with Crippen molar-refractivity contribution >= 4 is 40.0 Å². The summed E-state index contributed by atoms with van der Waals surface area (Å²) in [6.07, 6.45) is 0. The van der Waals surface area contributed by atoms with E-state index in [0.717, 1.165) is 5.56 Å². The molecule has 0 saturated carbocycles. The number of guanidine groups is 1. The number of nitrogens with one attached hydrogen (secondary N) is 3. The van der Waals surface area contributed by atoms with Crippen LogP contribution in [-0.4, -0.2) is 39.8 Å². The highest BCUT2D eigenvalue weighted by atomic mass is 127. The minimum Gasteiger partial charge on any atom is -0.355 e. The number of rotatable bonds is 8. The Labute approximate surface area is 163 Å². The Kier molecular flexibility index (Phi) is 11.2. The van der Waals surface area contributed by atoms with Gasteiger partial charge in [-0.2, -0.15) is 0 Å². The molecule has 3 N–H and O–H groups in total. The smallest absolute Gasteiger partial charge is 0.213 e. The van der Waals surface area contributed by atoms with Crippen molar-refractivity contribution in [3.05, 3.63) is 35.9 Å². The lowest BCUT2D eigenvalue weighted by molar-refractivity contribution is 0.481. The van der Waals surface area contributed by atoms with E-state index in [1.807, 2.05) is 30.3 Å². The van der Waals surface area contributed by atoms with Crippen LogP contribution in [0.4, 0.5) is 0 Å². The van der Waals surface area contributed by atoms with Crippen molar-refractivity contribution in [2.45, 2.75) is 33.4 Å². The molecule has 0 spiro atoms. The second-order valence-corrected chi connectivity index (χ2v) is 7.73. The first-order valence-electron chi connectivity index (χ1n) is 7.82. The fraction of sp³-hybridized carbons (Fsp3) is 0.562. The van der Waals surface area contributed by atoms with Gasteiger partial charge >= 0.3 is 0 Å². The first-order chi connectivity index (χ1) is 10.8. The van der Waals surface area contributed by atoms with Crippen LogP contribution in [0, 0.1) is 5.92 Å². The molecule has 8 heteroatoms. The van der Waals surface area contributed by atoms with Crippen LogP contribution in [0.2, 0.25) is 0 Å². The standard InChI is InChI=1S/C16H28N4O2S.HI/c1-13(2)14(3)20-16(17-4)18-10-11-23(21,22)19-12-15-8-6-5-7-9-15;/h5-9,13-14,19H,10-12H2,1-4H3,(H2,17,18,20);1H. The maximum Gasteiger partial charge on any atom is 0.213 e. The van der Waals surface area contributed by atoms with E-state index in [1.165, 1.54) is 0 Å². The van der Waals surface area contributed by atoms with Crippen molar-refractivity contribution in [1.82, 2.24) is 15.4 Å². The number of hydrogen-bond donors (Lipinski definition) is 3. The minimum absolute atomic E-state index is 0. The number of halogens is 1. The van der Waals surface area contributed by atoms with Gasteiger partial charge in [-0.1, -0.05) is 44.2 Å². The number of nitrogens with zero attached hydrogens (tertiary/aromatic N) is 1. The molecule has 6 nitrogen and oxygen atoms in total. The molecule has 0 heterocycles. The molecule has 24 heavy (non-hydrogen) atoms. The molecule has 0 aromatic heterocycles. The highest BCUT2D eigenvalue weighted by Gasteiger charge is 2.12. The lowest BCUT2D eigenvalue weighted by Crippen LogP contribution is -2.46. The van der Waals surface area contributed by atoms with Crippen LogP contribution in [0.25, 0.3) is 0 Å². The van der Waals surface area contributed by atoms with Gasteiger partial charge in [0.05, 0.1) is 5.75 Å². The Morgan fingerprint density at radius 3 is 2.33 bits per heavy atom. The zero-order valence-corrected chi connectivity index (χ0v) is 17.9. The fourth-order valence-electron chi connectivity index (χ4n) is 1.74. The molecule has 138 valence electrons. The van der Waals surface area contributed by atoms with Gasteiger partial charge in [-0.05, 0) is 18.4 Å². The number of aliphatic imine (C=N–C) groups is 1. The van der Waals surface area contributed by atoms with E-state index < -0.39 is 10.0 Å². The van der Waals surface area contributed by atoms with Gasteiger partial charge in [0.2, 0.25) is 10.0 Å². The van der Waals surface area contributed by atoms with E-state index in [0.29, 0.717) is 25.0 Å². The molecule has 1 atom stereocenters. The highest BCUT2D eigenvalue weighted by Crippen LogP contribution is 2.00. The summed E-state index contributed by atoms with van der Waals surface area (Å²) in [7, 11) is -1.65. The Hall–Kier alpha value is -0.870. The van der Waals surface area contributed by atoms with Crippen molar-refractivity contribution in [2.24, 2.45) is 10.9 Å². The van der Waals surface area contributed by atoms with Crippen LogP contribution in [0.5, 0.6) is 0 Å². The fourth-order valence-corrected chi connectivity index (χ4v) is 2.64. The molecule has 0 bridgehead atoms. The van der Waals surface area contributed by atoms with Gasteiger partial charge in [0, 0.05) is 26.2 Å². The number of benzene rings is 1. The zero-order valence-electron chi connectivity index (χ0n) is 14.7.